The van der Waals surface area contributed by atoms with Gasteiger partial charge in [-0.1, -0.05) is 37.3 Å². The van der Waals surface area contributed by atoms with Crippen LogP contribution in [0.1, 0.15) is 35.3 Å². The lowest BCUT2D eigenvalue weighted by Gasteiger charge is -2.14. The summed E-state index contributed by atoms with van der Waals surface area (Å²) in [6.07, 6.45) is 2.37. The molecule has 100 valence electrons. The van der Waals surface area contributed by atoms with E-state index in [0.29, 0.717) is 0 Å². The minimum absolute atomic E-state index is 0.144. The smallest absolute Gasteiger partial charge is 0.101 e. The zero-order chi connectivity index (χ0) is 13.7. The van der Waals surface area contributed by atoms with E-state index in [0.717, 1.165) is 16.9 Å². The van der Waals surface area contributed by atoms with Gasteiger partial charge in [0.1, 0.15) is 6.10 Å². The molecule has 1 aromatic heterocycles. The van der Waals surface area contributed by atoms with E-state index in [9.17, 15) is 5.11 Å². The Bertz CT molecular complexity index is 533. The van der Waals surface area contributed by atoms with E-state index in [1.54, 1.807) is 11.3 Å². The maximum atomic E-state index is 10.2. The van der Waals surface area contributed by atoms with Crippen molar-refractivity contribution in [1.29, 1.82) is 0 Å². The molecule has 19 heavy (non-hydrogen) atoms. The second-order valence-electron chi connectivity index (χ2n) is 4.53. The van der Waals surface area contributed by atoms with Gasteiger partial charge in [-0.2, -0.15) is 0 Å². The summed E-state index contributed by atoms with van der Waals surface area (Å²) in [7, 11) is 0. The van der Waals surface area contributed by atoms with Gasteiger partial charge in [0.25, 0.3) is 0 Å². The number of thiophene rings is 1. The summed E-state index contributed by atoms with van der Waals surface area (Å²) in [5.41, 5.74) is 0.910. The van der Waals surface area contributed by atoms with E-state index in [1.807, 2.05) is 43.5 Å². The third-order valence-corrected chi connectivity index (χ3v) is 4.23. The van der Waals surface area contributed by atoms with E-state index in [1.165, 1.54) is 4.88 Å². The van der Waals surface area contributed by atoms with E-state index in [4.69, 9.17) is 0 Å². The van der Waals surface area contributed by atoms with E-state index in [-0.39, 0.29) is 6.04 Å². The Kier molecular flexibility index (Phi) is 4.88. The number of rotatable bonds is 5. The topological polar surface area (TPSA) is 32.6 Å². The van der Waals surface area contributed by atoms with Gasteiger partial charge in [-0.3, -0.25) is 4.99 Å². The highest BCUT2D eigenvalue weighted by Crippen LogP contribution is 2.19. The van der Waals surface area contributed by atoms with E-state index < -0.39 is 6.10 Å². The van der Waals surface area contributed by atoms with Gasteiger partial charge >= 0.3 is 0 Å². The highest BCUT2D eigenvalue weighted by atomic mass is 32.1. The lowest BCUT2D eigenvalue weighted by Crippen LogP contribution is -2.12. The Labute approximate surface area is 118 Å². The molecule has 0 spiro atoms. The number of aliphatic hydroxyl groups is 1. The first-order valence-corrected chi connectivity index (χ1v) is 7.37. The first-order valence-electron chi connectivity index (χ1n) is 6.55. The molecule has 0 unspecified atom stereocenters. The van der Waals surface area contributed by atoms with Crippen LogP contribution in [-0.2, 0) is 6.42 Å². The number of benzene rings is 1. The molecule has 0 fully saturated rings. The first kappa shape index (κ1) is 14.0. The molecule has 3 heteroatoms. The average Bonchev–Trinajstić information content (AvgIpc) is 2.93. The zero-order valence-corrected chi connectivity index (χ0v) is 12.1. The second-order valence-corrected chi connectivity index (χ2v) is 5.73. The van der Waals surface area contributed by atoms with E-state index >= 15 is 0 Å². The van der Waals surface area contributed by atoms with Crippen molar-refractivity contribution in [3.05, 3.63) is 57.8 Å². The summed E-state index contributed by atoms with van der Waals surface area (Å²) in [5, 5.41) is 10.2. The summed E-state index contributed by atoms with van der Waals surface area (Å²) in [4.78, 5) is 6.96. The van der Waals surface area contributed by atoms with Crippen LogP contribution in [-0.4, -0.2) is 17.4 Å². The molecule has 2 nitrogen and oxygen atoms in total. The lowest BCUT2D eigenvalue weighted by molar-refractivity contribution is 0.154. The molecule has 2 atom stereocenters. The van der Waals surface area contributed by atoms with Crippen molar-refractivity contribution < 1.29 is 5.11 Å². The van der Waals surface area contributed by atoms with Gasteiger partial charge in [0.05, 0.1) is 6.04 Å². The van der Waals surface area contributed by atoms with Gasteiger partial charge in [-0.25, -0.2) is 0 Å². The minimum Gasteiger partial charge on any atom is -0.386 e. The number of aliphatic imine (C=N–C) groups is 1. The quantitative estimate of drug-likeness (QED) is 0.825. The summed E-state index contributed by atoms with van der Waals surface area (Å²) in [6.45, 7) is 4.08. The van der Waals surface area contributed by atoms with Crippen molar-refractivity contribution in [2.45, 2.75) is 32.4 Å². The van der Waals surface area contributed by atoms with Crippen LogP contribution in [0.3, 0.4) is 0 Å². The fraction of sp³-hybridized carbons (Fsp3) is 0.312. The van der Waals surface area contributed by atoms with Crippen molar-refractivity contribution in [1.82, 2.24) is 0 Å². The van der Waals surface area contributed by atoms with Gasteiger partial charge in [-0.05, 0) is 31.0 Å². The summed E-state index contributed by atoms with van der Waals surface area (Å²) in [6, 6.07) is 13.7. The third-order valence-electron chi connectivity index (χ3n) is 3.07. The fourth-order valence-corrected chi connectivity index (χ4v) is 2.69. The largest absolute Gasteiger partial charge is 0.386 e. The number of aliphatic hydroxyl groups excluding tert-OH is 1. The molecule has 1 heterocycles. The van der Waals surface area contributed by atoms with Gasteiger partial charge in [0.2, 0.25) is 0 Å². The maximum Gasteiger partial charge on any atom is 0.101 e. The minimum atomic E-state index is -0.553. The SMILES string of the molecule is CCc1ccc(C=N[C@@H](C)[C@H](O)c2ccccc2)s1. The number of hydrogen-bond donors (Lipinski definition) is 1. The van der Waals surface area contributed by atoms with Gasteiger partial charge < -0.3 is 5.11 Å². The van der Waals surface area contributed by atoms with Crippen LogP contribution >= 0.6 is 11.3 Å². The Morgan fingerprint density at radius 2 is 1.95 bits per heavy atom. The first-order chi connectivity index (χ1) is 9.20. The molecule has 1 N–H and O–H groups in total. The fourth-order valence-electron chi connectivity index (χ4n) is 1.86. The van der Waals surface area contributed by atoms with Crippen molar-refractivity contribution in [3.63, 3.8) is 0 Å². The van der Waals surface area contributed by atoms with E-state index in [2.05, 4.69) is 24.0 Å². The molecule has 0 bridgehead atoms. The Morgan fingerprint density at radius 1 is 1.21 bits per heavy atom. The maximum absolute atomic E-state index is 10.2. The molecule has 2 aromatic rings. The van der Waals surface area contributed by atoms with Crippen LogP contribution in [0.2, 0.25) is 0 Å². The Morgan fingerprint density at radius 3 is 2.58 bits per heavy atom. The van der Waals surface area contributed by atoms with Crippen LogP contribution in [0, 0.1) is 0 Å². The van der Waals surface area contributed by atoms with Crippen molar-refractivity contribution in [2.75, 3.05) is 0 Å². The molecule has 0 aliphatic heterocycles. The van der Waals surface area contributed by atoms with Crippen molar-refractivity contribution >= 4 is 17.6 Å². The molecule has 0 amide bonds. The molecule has 0 aliphatic rings. The van der Waals surface area contributed by atoms with Crippen LogP contribution in [0.4, 0.5) is 0 Å². The van der Waals surface area contributed by atoms with Crippen LogP contribution in [0.25, 0.3) is 0 Å². The van der Waals surface area contributed by atoms with Crippen LogP contribution in [0.15, 0.2) is 47.5 Å². The molecule has 0 saturated carbocycles. The van der Waals surface area contributed by atoms with Crippen LogP contribution in [0.5, 0.6) is 0 Å². The second kappa shape index (κ2) is 6.64. The molecule has 0 radical (unpaired) electrons. The highest BCUT2D eigenvalue weighted by molar-refractivity contribution is 7.13. The average molecular weight is 273 g/mol. The zero-order valence-electron chi connectivity index (χ0n) is 11.3. The summed E-state index contributed by atoms with van der Waals surface area (Å²) in [5.74, 6) is 0. The number of nitrogens with zero attached hydrogens (tertiary/aromatic N) is 1. The van der Waals surface area contributed by atoms with Crippen molar-refractivity contribution in [3.8, 4) is 0 Å². The van der Waals surface area contributed by atoms with Gasteiger partial charge in [-0.15, -0.1) is 11.3 Å². The lowest BCUT2D eigenvalue weighted by atomic mass is 10.0. The third kappa shape index (κ3) is 3.75. The van der Waals surface area contributed by atoms with Gasteiger partial charge in [0.15, 0.2) is 0 Å². The highest BCUT2D eigenvalue weighted by Gasteiger charge is 2.14. The van der Waals surface area contributed by atoms with Crippen LogP contribution < -0.4 is 0 Å². The van der Waals surface area contributed by atoms with Crippen molar-refractivity contribution in [2.24, 2.45) is 4.99 Å². The normalized spacial score (nSPS) is 14.7. The molecule has 0 aliphatic carbocycles. The number of hydrogen-bond acceptors (Lipinski definition) is 3. The number of aryl methyl sites for hydroxylation is 1. The Balaban J connectivity index is 2.02. The summed E-state index contributed by atoms with van der Waals surface area (Å²) < 4.78 is 0. The molecule has 1 aromatic carbocycles. The molecule has 0 saturated heterocycles. The molecular weight excluding hydrogens is 254 g/mol. The molecular formula is C16H19NOS. The Hall–Kier alpha value is -1.45. The predicted octanol–water partition coefficient (Wildman–Crippen LogP) is 3.85. The van der Waals surface area contributed by atoms with Gasteiger partial charge in [0, 0.05) is 16.0 Å². The standard InChI is InChI=1S/C16H19NOS/c1-3-14-9-10-15(19-14)11-17-12(2)16(18)13-7-5-4-6-8-13/h4-12,16,18H,3H2,1-2H3/t12-,16-/m0/s1. The molecule has 2 rings (SSSR count). The summed E-state index contributed by atoms with van der Waals surface area (Å²) >= 11 is 1.75. The monoisotopic (exact) mass is 273 g/mol. The predicted molar refractivity (Wildman–Crippen MR) is 82.2 cm³/mol.